The van der Waals surface area contributed by atoms with Crippen LogP contribution < -0.4 is 0 Å². The first-order valence-corrected chi connectivity index (χ1v) is 8.08. The van der Waals surface area contributed by atoms with Crippen molar-refractivity contribution in [2.75, 3.05) is 7.11 Å². The Morgan fingerprint density at radius 3 is 2.59 bits per heavy atom. The zero-order chi connectivity index (χ0) is 16.1. The van der Waals surface area contributed by atoms with Gasteiger partial charge in [-0.15, -0.1) is 0 Å². The number of hydrogen-bond donors (Lipinski definition) is 0. The summed E-state index contributed by atoms with van der Waals surface area (Å²) in [4.78, 5) is 25.4. The molecule has 0 aliphatic heterocycles. The molecule has 4 atom stereocenters. The number of methoxy groups -OCH3 is 1. The van der Waals surface area contributed by atoms with E-state index in [4.69, 9.17) is 4.74 Å². The molecule has 0 saturated heterocycles. The summed E-state index contributed by atoms with van der Waals surface area (Å²) in [5.41, 5.74) is 1.20. The number of ketones is 1. The fourth-order valence-corrected chi connectivity index (χ4v) is 5.30. The highest BCUT2D eigenvalue weighted by Crippen LogP contribution is 2.59. The highest BCUT2D eigenvalue weighted by molar-refractivity contribution is 6.01. The standard InChI is InChI=1S/C19H24O3/c1-12-15(20)13-8-5-6-9-14(13)18(2)10-7-11-19(3,16(12)18)17(21)22-4/h5-6,8-9,12,16H,7,10-11H2,1-4H3/t12-,16+,18?,19+/m0/s1. The van der Waals surface area contributed by atoms with E-state index in [1.54, 1.807) is 0 Å². The maximum atomic E-state index is 12.9. The van der Waals surface area contributed by atoms with Crippen LogP contribution in [0.25, 0.3) is 0 Å². The highest BCUT2D eigenvalue weighted by Gasteiger charge is 2.59. The van der Waals surface area contributed by atoms with Gasteiger partial charge in [0.15, 0.2) is 5.78 Å². The molecule has 0 spiro atoms. The maximum Gasteiger partial charge on any atom is 0.311 e. The molecular formula is C19H24O3. The highest BCUT2D eigenvalue weighted by atomic mass is 16.5. The minimum absolute atomic E-state index is 0.0106. The molecule has 0 amide bonds. The van der Waals surface area contributed by atoms with Gasteiger partial charge < -0.3 is 4.74 Å². The van der Waals surface area contributed by atoms with Gasteiger partial charge in [-0.1, -0.05) is 44.5 Å². The molecular weight excluding hydrogens is 276 g/mol. The lowest BCUT2D eigenvalue weighted by Crippen LogP contribution is -2.57. The Labute approximate surface area is 132 Å². The second-order valence-electron chi connectivity index (χ2n) is 7.36. The number of benzene rings is 1. The summed E-state index contributed by atoms with van der Waals surface area (Å²) in [6, 6.07) is 7.92. The first kappa shape index (κ1) is 15.3. The number of rotatable bonds is 1. The molecule has 1 saturated carbocycles. The van der Waals surface area contributed by atoms with Crippen LogP contribution in [0.5, 0.6) is 0 Å². The first-order chi connectivity index (χ1) is 10.4. The smallest absolute Gasteiger partial charge is 0.311 e. The maximum absolute atomic E-state index is 12.9. The molecule has 22 heavy (non-hydrogen) atoms. The van der Waals surface area contributed by atoms with Gasteiger partial charge in [-0.25, -0.2) is 0 Å². The molecule has 0 N–H and O–H groups in total. The number of ether oxygens (including phenoxy) is 1. The minimum atomic E-state index is -0.593. The van der Waals surface area contributed by atoms with Gasteiger partial charge in [0.2, 0.25) is 0 Å². The number of fused-ring (bicyclic) bond motifs is 3. The van der Waals surface area contributed by atoms with Crippen molar-refractivity contribution in [1.29, 1.82) is 0 Å². The monoisotopic (exact) mass is 300 g/mol. The summed E-state index contributed by atoms with van der Waals surface area (Å²) in [7, 11) is 1.45. The Kier molecular flexibility index (Phi) is 3.42. The number of Topliss-reactive ketones (excluding diaryl/α,β-unsaturated/α-hetero) is 1. The molecule has 0 aromatic heterocycles. The molecule has 3 nitrogen and oxygen atoms in total. The average molecular weight is 300 g/mol. The van der Waals surface area contributed by atoms with Gasteiger partial charge in [0, 0.05) is 11.5 Å². The zero-order valence-corrected chi connectivity index (χ0v) is 13.8. The normalized spacial score (nSPS) is 37.2. The van der Waals surface area contributed by atoms with E-state index < -0.39 is 5.41 Å². The van der Waals surface area contributed by atoms with Crippen molar-refractivity contribution in [1.82, 2.24) is 0 Å². The van der Waals surface area contributed by atoms with Crippen LogP contribution in [-0.2, 0) is 14.9 Å². The number of carbonyl (C=O) groups is 2. The lowest BCUT2D eigenvalue weighted by atomic mass is 9.47. The molecule has 3 rings (SSSR count). The summed E-state index contributed by atoms with van der Waals surface area (Å²) in [5.74, 6) is -0.189. The first-order valence-electron chi connectivity index (χ1n) is 8.08. The Hall–Kier alpha value is -1.64. The predicted molar refractivity (Wildman–Crippen MR) is 84.8 cm³/mol. The van der Waals surface area contributed by atoms with Crippen LogP contribution in [0, 0.1) is 17.3 Å². The van der Waals surface area contributed by atoms with Crippen molar-refractivity contribution >= 4 is 11.8 Å². The third-order valence-corrected chi connectivity index (χ3v) is 6.14. The van der Waals surface area contributed by atoms with Crippen molar-refractivity contribution < 1.29 is 14.3 Å². The fourth-order valence-electron chi connectivity index (χ4n) is 5.30. The second-order valence-corrected chi connectivity index (χ2v) is 7.36. The average Bonchev–Trinajstić information content (AvgIpc) is 2.52. The molecule has 1 unspecified atom stereocenters. The van der Waals surface area contributed by atoms with E-state index in [0.29, 0.717) is 0 Å². The topological polar surface area (TPSA) is 43.4 Å². The minimum Gasteiger partial charge on any atom is -0.469 e. The molecule has 1 aromatic rings. The molecule has 118 valence electrons. The van der Waals surface area contributed by atoms with Gasteiger partial charge in [-0.3, -0.25) is 9.59 Å². The third-order valence-electron chi connectivity index (χ3n) is 6.14. The molecule has 0 heterocycles. The van der Waals surface area contributed by atoms with Crippen LogP contribution in [0.15, 0.2) is 24.3 Å². The zero-order valence-electron chi connectivity index (χ0n) is 13.8. The van der Waals surface area contributed by atoms with Crippen LogP contribution in [0.2, 0.25) is 0 Å². The van der Waals surface area contributed by atoms with Crippen molar-refractivity contribution in [3.63, 3.8) is 0 Å². The van der Waals surface area contributed by atoms with Gasteiger partial charge in [-0.05, 0) is 36.7 Å². The van der Waals surface area contributed by atoms with Crippen molar-refractivity contribution in [3.8, 4) is 0 Å². The van der Waals surface area contributed by atoms with Gasteiger partial charge in [-0.2, -0.15) is 0 Å². The molecule has 1 fully saturated rings. The van der Waals surface area contributed by atoms with Crippen LogP contribution in [-0.4, -0.2) is 18.9 Å². The number of carbonyl (C=O) groups excluding carboxylic acids is 2. The molecule has 0 bridgehead atoms. The van der Waals surface area contributed by atoms with Crippen LogP contribution in [0.3, 0.4) is 0 Å². The Balaban J connectivity index is 2.22. The summed E-state index contributed by atoms with van der Waals surface area (Å²) in [5, 5.41) is 0. The van der Waals surface area contributed by atoms with Gasteiger partial charge >= 0.3 is 5.97 Å². The van der Waals surface area contributed by atoms with Crippen LogP contribution >= 0.6 is 0 Å². The lowest BCUT2D eigenvalue weighted by molar-refractivity contribution is -0.162. The number of hydrogen-bond acceptors (Lipinski definition) is 3. The van der Waals surface area contributed by atoms with E-state index in [1.807, 2.05) is 32.0 Å². The Morgan fingerprint density at radius 2 is 1.91 bits per heavy atom. The summed E-state index contributed by atoms with van der Waals surface area (Å²) in [6.07, 6.45) is 2.78. The quantitative estimate of drug-likeness (QED) is 0.742. The molecule has 0 radical (unpaired) electrons. The van der Waals surface area contributed by atoms with Crippen molar-refractivity contribution in [3.05, 3.63) is 35.4 Å². The molecule has 2 aliphatic rings. The fraction of sp³-hybridized carbons (Fsp3) is 0.579. The van der Waals surface area contributed by atoms with Crippen molar-refractivity contribution in [2.24, 2.45) is 17.3 Å². The van der Waals surface area contributed by atoms with E-state index >= 15 is 0 Å². The Bertz CT molecular complexity index is 635. The van der Waals surface area contributed by atoms with Gasteiger partial charge in [0.25, 0.3) is 0 Å². The van der Waals surface area contributed by atoms with Crippen LogP contribution in [0.1, 0.15) is 56.0 Å². The van der Waals surface area contributed by atoms with Gasteiger partial charge in [0.1, 0.15) is 0 Å². The third kappa shape index (κ3) is 1.81. The Morgan fingerprint density at radius 1 is 1.23 bits per heavy atom. The predicted octanol–water partition coefficient (Wildman–Crippen LogP) is 3.76. The number of esters is 1. The summed E-state index contributed by atoms with van der Waals surface area (Å²) in [6.45, 7) is 6.19. The van der Waals surface area contributed by atoms with Crippen LogP contribution in [0.4, 0.5) is 0 Å². The molecule has 1 aromatic carbocycles. The second kappa shape index (κ2) is 4.94. The van der Waals surface area contributed by atoms with E-state index in [9.17, 15) is 9.59 Å². The largest absolute Gasteiger partial charge is 0.469 e. The summed E-state index contributed by atoms with van der Waals surface area (Å²) >= 11 is 0. The van der Waals surface area contributed by atoms with E-state index in [0.717, 1.165) is 30.4 Å². The molecule has 2 aliphatic carbocycles. The van der Waals surface area contributed by atoms with Crippen molar-refractivity contribution in [2.45, 2.75) is 45.4 Å². The van der Waals surface area contributed by atoms with Gasteiger partial charge in [0.05, 0.1) is 12.5 Å². The summed E-state index contributed by atoms with van der Waals surface area (Å²) < 4.78 is 5.11. The van der Waals surface area contributed by atoms with E-state index in [-0.39, 0.29) is 29.0 Å². The lowest BCUT2D eigenvalue weighted by Gasteiger charge is -2.55. The molecule has 3 heteroatoms. The van der Waals surface area contributed by atoms with E-state index in [1.165, 1.54) is 7.11 Å². The van der Waals surface area contributed by atoms with E-state index in [2.05, 4.69) is 13.0 Å². The SMILES string of the molecule is COC(=O)[C@]1(C)CCCC2(C)c3ccccc3C(=O)[C@H](C)[C@H]21.